The number of thiophene rings is 2. The average molecular weight is 483 g/mol. The fourth-order valence-electron chi connectivity index (χ4n) is 3.12. The topological polar surface area (TPSA) is 102 Å². The highest BCUT2D eigenvalue weighted by Crippen LogP contribution is 2.33. The Balaban J connectivity index is 1.46. The molecule has 1 aromatic carbocycles. The third-order valence-electron chi connectivity index (χ3n) is 4.60. The summed E-state index contributed by atoms with van der Waals surface area (Å²) in [5.41, 5.74) is 1.54. The molecule has 4 aromatic rings. The molecular weight excluding hydrogens is 460 g/mol. The monoisotopic (exact) mass is 482 g/mol. The maximum atomic E-state index is 13.1. The van der Waals surface area contributed by atoms with Crippen molar-refractivity contribution in [1.29, 1.82) is 0 Å². The molecule has 8 nitrogen and oxygen atoms in total. The highest BCUT2D eigenvalue weighted by molar-refractivity contribution is 7.18. The van der Waals surface area contributed by atoms with Crippen molar-refractivity contribution >= 4 is 56.3 Å². The Morgan fingerprint density at radius 1 is 1.12 bits per heavy atom. The van der Waals surface area contributed by atoms with Crippen molar-refractivity contribution in [2.24, 2.45) is 5.92 Å². The molecule has 10 heteroatoms. The van der Waals surface area contributed by atoms with E-state index >= 15 is 0 Å². The highest BCUT2D eigenvalue weighted by Gasteiger charge is 2.15. The van der Waals surface area contributed by atoms with Crippen molar-refractivity contribution in [3.05, 3.63) is 63.8 Å². The first-order chi connectivity index (χ1) is 15.9. The second kappa shape index (κ2) is 9.97. The molecule has 170 valence electrons. The van der Waals surface area contributed by atoms with Crippen LogP contribution in [0.1, 0.15) is 13.8 Å². The predicted octanol–water partition coefficient (Wildman–Crippen LogP) is 5.03. The van der Waals surface area contributed by atoms with Gasteiger partial charge in [-0.1, -0.05) is 26.0 Å². The van der Waals surface area contributed by atoms with E-state index in [0.717, 1.165) is 10.4 Å². The van der Waals surface area contributed by atoms with Gasteiger partial charge in [0.2, 0.25) is 5.91 Å². The molecule has 0 bridgehead atoms. The minimum Gasteiger partial charge on any atom is -0.449 e. The fourth-order valence-corrected chi connectivity index (χ4v) is 4.84. The van der Waals surface area contributed by atoms with Gasteiger partial charge in [0.1, 0.15) is 11.4 Å². The Hall–Kier alpha value is -3.50. The van der Waals surface area contributed by atoms with Gasteiger partial charge in [0, 0.05) is 27.2 Å². The number of hydrogen-bond donors (Lipinski definition) is 2. The van der Waals surface area contributed by atoms with Crippen LogP contribution in [0.3, 0.4) is 0 Å². The zero-order valence-electron chi connectivity index (χ0n) is 18.0. The molecule has 0 fully saturated rings. The molecule has 0 unspecified atom stereocenters. The lowest BCUT2D eigenvalue weighted by molar-refractivity contribution is -0.116. The summed E-state index contributed by atoms with van der Waals surface area (Å²) in [5.74, 6) is -0.153. The number of carbonyl (C=O) groups is 2. The van der Waals surface area contributed by atoms with Gasteiger partial charge in [-0.3, -0.25) is 19.5 Å². The number of benzene rings is 1. The Labute approximate surface area is 197 Å². The molecule has 0 saturated carbocycles. The normalized spacial score (nSPS) is 11.0. The Kier molecular flexibility index (Phi) is 6.85. The molecule has 2 amide bonds. The summed E-state index contributed by atoms with van der Waals surface area (Å²) in [5, 5.41) is 9.77. The van der Waals surface area contributed by atoms with Crippen LogP contribution in [-0.2, 0) is 16.1 Å². The first kappa shape index (κ1) is 22.7. The van der Waals surface area contributed by atoms with E-state index in [2.05, 4.69) is 15.6 Å². The van der Waals surface area contributed by atoms with E-state index in [-0.39, 0.29) is 23.9 Å². The average Bonchev–Trinajstić information content (AvgIpc) is 3.44. The second-order valence-electron chi connectivity index (χ2n) is 7.73. The van der Waals surface area contributed by atoms with Gasteiger partial charge in [-0.05, 0) is 35.6 Å². The van der Waals surface area contributed by atoms with E-state index in [1.54, 1.807) is 35.6 Å². The molecule has 3 heterocycles. The van der Waals surface area contributed by atoms with E-state index in [1.807, 2.05) is 36.7 Å². The molecule has 0 aliphatic heterocycles. The van der Waals surface area contributed by atoms with Crippen molar-refractivity contribution in [2.75, 3.05) is 17.2 Å². The lowest BCUT2D eigenvalue weighted by atomic mass is 10.2. The van der Waals surface area contributed by atoms with Crippen molar-refractivity contribution in [1.82, 2.24) is 9.55 Å². The van der Waals surface area contributed by atoms with Gasteiger partial charge in [0.15, 0.2) is 0 Å². The lowest BCUT2D eigenvalue weighted by Crippen LogP contribution is -2.27. The Morgan fingerprint density at radius 3 is 2.64 bits per heavy atom. The molecule has 0 atom stereocenters. The molecule has 0 saturated heterocycles. The number of aromatic nitrogens is 2. The zero-order chi connectivity index (χ0) is 23.4. The Morgan fingerprint density at radius 2 is 1.91 bits per heavy atom. The van der Waals surface area contributed by atoms with E-state index in [1.165, 1.54) is 22.2 Å². The minimum absolute atomic E-state index is 0.185. The van der Waals surface area contributed by atoms with Crippen LogP contribution in [-0.4, -0.2) is 28.2 Å². The molecule has 33 heavy (non-hydrogen) atoms. The summed E-state index contributed by atoms with van der Waals surface area (Å²) >= 11 is 2.95. The minimum atomic E-state index is -0.560. The summed E-state index contributed by atoms with van der Waals surface area (Å²) in [6.07, 6.45) is 0.831. The number of ether oxygens (including phenoxy) is 1. The van der Waals surface area contributed by atoms with Gasteiger partial charge in [-0.25, -0.2) is 9.78 Å². The third kappa shape index (κ3) is 5.47. The van der Waals surface area contributed by atoms with E-state index in [9.17, 15) is 14.4 Å². The third-order valence-corrected chi connectivity index (χ3v) is 6.39. The molecule has 0 spiro atoms. The van der Waals surface area contributed by atoms with Gasteiger partial charge in [0.25, 0.3) is 5.56 Å². The molecule has 2 N–H and O–H groups in total. The van der Waals surface area contributed by atoms with Crippen LogP contribution in [0.25, 0.3) is 20.7 Å². The number of anilines is 2. The molecular formula is C23H22N4O4S2. The summed E-state index contributed by atoms with van der Waals surface area (Å²) < 4.78 is 6.40. The van der Waals surface area contributed by atoms with Crippen LogP contribution >= 0.6 is 22.7 Å². The van der Waals surface area contributed by atoms with Crippen molar-refractivity contribution in [3.63, 3.8) is 0 Å². The largest absolute Gasteiger partial charge is 0.449 e. The smallest absolute Gasteiger partial charge is 0.411 e. The number of rotatable bonds is 7. The maximum Gasteiger partial charge on any atom is 0.411 e. The quantitative estimate of drug-likeness (QED) is 0.385. The van der Waals surface area contributed by atoms with Crippen LogP contribution in [0.5, 0.6) is 0 Å². The van der Waals surface area contributed by atoms with Crippen molar-refractivity contribution in [3.8, 4) is 10.4 Å². The van der Waals surface area contributed by atoms with E-state index < -0.39 is 6.09 Å². The van der Waals surface area contributed by atoms with Crippen LogP contribution in [0, 0.1) is 5.92 Å². The van der Waals surface area contributed by atoms with E-state index in [4.69, 9.17) is 4.74 Å². The fraction of sp³-hybridized carbons (Fsp3) is 0.217. The summed E-state index contributed by atoms with van der Waals surface area (Å²) in [4.78, 5) is 43.5. The Bertz CT molecular complexity index is 1340. The molecule has 3 aromatic heterocycles. The van der Waals surface area contributed by atoms with Gasteiger partial charge < -0.3 is 10.1 Å². The first-order valence-corrected chi connectivity index (χ1v) is 12.0. The number of fused-ring (bicyclic) bond motifs is 1. The van der Waals surface area contributed by atoms with Crippen LogP contribution in [0.4, 0.5) is 16.2 Å². The molecule has 4 rings (SSSR count). The van der Waals surface area contributed by atoms with Crippen LogP contribution in [0.15, 0.2) is 58.3 Å². The molecule has 0 aliphatic rings. The standard InChI is InChI=1S/C23H22N4O4S2/c1-14(2)11-31-23(30)26-16-6-3-5-15(9-16)25-19(28)10-27-13-24-21-20(22(27)29)17(12-33-21)18-7-4-8-32-18/h3-9,12-14H,10-11H2,1-2H3,(H,25,28)(H,26,30). The summed E-state index contributed by atoms with van der Waals surface area (Å²) in [7, 11) is 0. The van der Waals surface area contributed by atoms with Gasteiger partial charge >= 0.3 is 6.09 Å². The van der Waals surface area contributed by atoms with E-state index in [0.29, 0.717) is 28.2 Å². The number of hydrogen-bond acceptors (Lipinski definition) is 7. The molecule has 0 radical (unpaired) electrons. The first-order valence-electron chi connectivity index (χ1n) is 10.2. The molecule has 0 aliphatic carbocycles. The van der Waals surface area contributed by atoms with Gasteiger partial charge in [-0.15, -0.1) is 22.7 Å². The van der Waals surface area contributed by atoms with Gasteiger partial charge in [0.05, 0.1) is 18.3 Å². The second-order valence-corrected chi connectivity index (χ2v) is 9.54. The maximum absolute atomic E-state index is 13.1. The summed E-state index contributed by atoms with van der Waals surface area (Å²) in [6, 6.07) is 10.6. The zero-order valence-corrected chi connectivity index (χ0v) is 19.7. The summed E-state index contributed by atoms with van der Waals surface area (Å²) in [6.45, 7) is 4.02. The number of carbonyl (C=O) groups excluding carboxylic acids is 2. The van der Waals surface area contributed by atoms with Crippen molar-refractivity contribution < 1.29 is 14.3 Å². The number of amides is 2. The van der Waals surface area contributed by atoms with Crippen molar-refractivity contribution in [2.45, 2.75) is 20.4 Å². The van der Waals surface area contributed by atoms with Gasteiger partial charge in [-0.2, -0.15) is 0 Å². The lowest BCUT2D eigenvalue weighted by Gasteiger charge is -2.11. The number of nitrogens with zero attached hydrogens (tertiary/aromatic N) is 2. The number of nitrogens with one attached hydrogen (secondary N) is 2. The van der Waals surface area contributed by atoms with Crippen LogP contribution < -0.4 is 16.2 Å². The highest BCUT2D eigenvalue weighted by atomic mass is 32.1. The van der Waals surface area contributed by atoms with Crippen LogP contribution in [0.2, 0.25) is 0 Å². The predicted molar refractivity (Wildman–Crippen MR) is 132 cm³/mol. The SMILES string of the molecule is CC(C)COC(=O)Nc1cccc(NC(=O)Cn2cnc3scc(-c4cccs4)c3c2=O)c1.